The fraction of sp³-hybridized carbons (Fsp3) is 0.0625. The summed E-state index contributed by atoms with van der Waals surface area (Å²) in [4.78, 5) is 8.45. The van der Waals surface area contributed by atoms with Crippen LogP contribution in [0, 0.1) is 13.8 Å². The van der Waals surface area contributed by atoms with E-state index in [1.807, 2.05) is 74.5 Å². The molecule has 0 aliphatic carbocycles. The summed E-state index contributed by atoms with van der Waals surface area (Å²) in [6.45, 7) is 3.82. The number of benzene rings is 4. The Kier molecular flexibility index (Phi) is 12.3. The highest BCUT2D eigenvalue weighted by atomic mass is 27.0. The molecule has 0 spiro atoms. The second-order valence-corrected chi connectivity index (χ2v) is 8.27. The van der Waals surface area contributed by atoms with E-state index in [0.29, 0.717) is 22.5 Å². The Morgan fingerprint density at radius 2 is 0.769 bits per heavy atom. The summed E-state index contributed by atoms with van der Waals surface area (Å²) in [7, 11) is 0. The molecule has 6 nitrogen and oxygen atoms in total. The summed E-state index contributed by atoms with van der Waals surface area (Å²) in [6.07, 6.45) is 0. The quantitative estimate of drug-likeness (QED) is 0.158. The number of rotatable bonds is 0. The van der Waals surface area contributed by atoms with Gasteiger partial charge in [-0.15, -0.1) is 0 Å². The van der Waals surface area contributed by atoms with Crippen molar-refractivity contribution in [3.8, 4) is 23.0 Å². The predicted octanol–water partition coefficient (Wildman–Crippen LogP) is 6.90. The molecule has 3 radical (unpaired) electrons. The van der Waals surface area contributed by atoms with Gasteiger partial charge in [-0.3, -0.25) is 0 Å². The molecule has 39 heavy (non-hydrogen) atoms. The second-order valence-electron chi connectivity index (χ2n) is 8.27. The lowest BCUT2D eigenvalue weighted by Gasteiger charge is -1.99. The van der Waals surface area contributed by atoms with Crippen LogP contribution in [0.1, 0.15) is 11.4 Å². The molecule has 2 heterocycles. The molecule has 0 saturated carbocycles. The number of para-hydroxylation sites is 4. The third-order valence-electron chi connectivity index (χ3n) is 5.19. The van der Waals surface area contributed by atoms with E-state index in [9.17, 15) is 10.2 Å². The number of phenols is 4. The molecule has 0 amide bonds. The lowest BCUT2D eigenvalue weighted by Crippen LogP contribution is -1.82. The molecular formula is C32H30AlN2O4. The molecule has 0 unspecified atom stereocenters. The van der Waals surface area contributed by atoms with E-state index in [4.69, 9.17) is 10.2 Å². The van der Waals surface area contributed by atoms with Crippen molar-refractivity contribution in [1.82, 2.24) is 9.97 Å². The maximum atomic E-state index is 9.43. The van der Waals surface area contributed by atoms with Crippen molar-refractivity contribution in [2.75, 3.05) is 0 Å². The Morgan fingerprint density at radius 3 is 1.08 bits per heavy atom. The molecule has 0 aliphatic rings. The van der Waals surface area contributed by atoms with Crippen LogP contribution < -0.4 is 0 Å². The molecule has 2 aromatic heterocycles. The molecule has 7 heteroatoms. The summed E-state index contributed by atoms with van der Waals surface area (Å²) in [6, 6.07) is 36.0. The van der Waals surface area contributed by atoms with Crippen molar-refractivity contribution >= 4 is 39.2 Å². The van der Waals surface area contributed by atoms with E-state index < -0.39 is 0 Å². The monoisotopic (exact) mass is 533 g/mol. The SMILES string of the molecule is Cc1ccc2cccc(O)c2n1.Cc1ccc2cccc(O)c2n1.Oc1ccccc1.Oc1ccccc1.[Al]. The molecule has 0 fully saturated rings. The van der Waals surface area contributed by atoms with Gasteiger partial charge in [0.15, 0.2) is 0 Å². The van der Waals surface area contributed by atoms with Gasteiger partial charge in [0.1, 0.15) is 34.0 Å². The van der Waals surface area contributed by atoms with Gasteiger partial charge in [0.2, 0.25) is 0 Å². The highest BCUT2D eigenvalue weighted by Crippen LogP contribution is 2.22. The largest absolute Gasteiger partial charge is 0.508 e. The van der Waals surface area contributed by atoms with Gasteiger partial charge < -0.3 is 20.4 Å². The predicted molar refractivity (Wildman–Crippen MR) is 158 cm³/mol. The zero-order valence-corrected chi connectivity index (χ0v) is 23.0. The molecule has 0 atom stereocenters. The number of aryl methyl sites for hydroxylation is 2. The number of hydrogen-bond acceptors (Lipinski definition) is 6. The number of fused-ring (bicyclic) bond motifs is 2. The third kappa shape index (κ3) is 10.0. The number of aromatic hydroxyl groups is 4. The number of hydrogen-bond donors (Lipinski definition) is 4. The van der Waals surface area contributed by atoms with Crippen molar-refractivity contribution in [1.29, 1.82) is 0 Å². The van der Waals surface area contributed by atoms with Gasteiger partial charge in [0, 0.05) is 39.5 Å². The molecular weight excluding hydrogens is 503 g/mol. The molecule has 195 valence electrons. The second kappa shape index (κ2) is 15.6. The minimum Gasteiger partial charge on any atom is -0.508 e. The Balaban J connectivity index is 0.000000187. The smallest absolute Gasteiger partial charge is 0.141 e. The van der Waals surface area contributed by atoms with Crippen molar-refractivity contribution < 1.29 is 20.4 Å². The van der Waals surface area contributed by atoms with E-state index in [1.165, 1.54) is 0 Å². The molecule has 4 N–H and O–H groups in total. The van der Waals surface area contributed by atoms with Crippen molar-refractivity contribution in [3.63, 3.8) is 0 Å². The van der Waals surface area contributed by atoms with Gasteiger partial charge in [-0.2, -0.15) is 0 Å². The lowest BCUT2D eigenvalue weighted by atomic mass is 10.2. The van der Waals surface area contributed by atoms with Gasteiger partial charge in [0.25, 0.3) is 0 Å². The van der Waals surface area contributed by atoms with Crippen molar-refractivity contribution in [2.24, 2.45) is 0 Å². The molecule has 4 aromatic carbocycles. The van der Waals surface area contributed by atoms with Crippen molar-refractivity contribution in [3.05, 3.63) is 133 Å². The highest BCUT2D eigenvalue weighted by molar-refractivity contribution is 5.84. The maximum absolute atomic E-state index is 9.43. The zero-order valence-electron chi connectivity index (χ0n) is 21.8. The fourth-order valence-corrected chi connectivity index (χ4v) is 3.31. The van der Waals surface area contributed by atoms with Crippen LogP contribution in [0.3, 0.4) is 0 Å². The Morgan fingerprint density at radius 1 is 0.410 bits per heavy atom. The molecule has 6 rings (SSSR count). The molecule has 0 bridgehead atoms. The van der Waals surface area contributed by atoms with Crippen LogP contribution in [0.2, 0.25) is 0 Å². The van der Waals surface area contributed by atoms with Gasteiger partial charge in [0.05, 0.1) is 0 Å². The first-order valence-electron chi connectivity index (χ1n) is 11.9. The van der Waals surface area contributed by atoms with E-state index in [1.54, 1.807) is 60.7 Å². The average molecular weight is 534 g/mol. The van der Waals surface area contributed by atoms with E-state index in [2.05, 4.69) is 9.97 Å². The molecule has 0 aliphatic heterocycles. The standard InChI is InChI=1S/2C10H9NO.2C6H6O.Al/c2*1-7-5-6-8-3-2-4-9(12)10(8)11-7;2*7-6-4-2-1-3-5-6;/h2*2-6,12H,1H3;2*1-5,7H;. The zero-order chi connectivity index (χ0) is 27.3. The minimum absolute atomic E-state index is 0. The summed E-state index contributed by atoms with van der Waals surface area (Å²) in [5, 5.41) is 38.1. The van der Waals surface area contributed by atoms with Crippen LogP contribution in [0.15, 0.2) is 121 Å². The first-order valence-corrected chi connectivity index (χ1v) is 11.9. The molecule has 6 aromatic rings. The molecule has 0 saturated heterocycles. The average Bonchev–Trinajstić information content (AvgIpc) is 2.92. The first kappa shape index (κ1) is 30.7. The van der Waals surface area contributed by atoms with E-state index in [-0.39, 0.29) is 28.9 Å². The first-order chi connectivity index (χ1) is 18.3. The summed E-state index contributed by atoms with van der Waals surface area (Å²) in [5.74, 6) is 1.14. The number of nitrogens with zero attached hydrogens (tertiary/aromatic N) is 2. The summed E-state index contributed by atoms with van der Waals surface area (Å²) < 4.78 is 0. The summed E-state index contributed by atoms with van der Waals surface area (Å²) in [5.41, 5.74) is 3.20. The minimum atomic E-state index is 0. The Bertz CT molecular complexity index is 1460. The van der Waals surface area contributed by atoms with Gasteiger partial charge >= 0.3 is 0 Å². The van der Waals surface area contributed by atoms with E-state index in [0.717, 1.165) is 22.2 Å². The topological polar surface area (TPSA) is 107 Å². The van der Waals surface area contributed by atoms with Crippen LogP contribution in [0.25, 0.3) is 21.8 Å². The Hall–Kier alpha value is -4.57. The van der Waals surface area contributed by atoms with Crippen LogP contribution in [0.4, 0.5) is 0 Å². The number of phenolic OH excluding ortho intramolecular Hbond substituents is 4. The number of aromatic nitrogens is 2. The van der Waals surface area contributed by atoms with Gasteiger partial charge in [-0.25, -0.2) is 9.97 Å². The van der Waals surface area contributed by atoms with Gasteiger partial charge in [-0.1, -0.05) is 72.8 Å². The van der Waals surface area contributed by atoms with Crippen molar-refractivity contribution in [2.45, 2.75) is 13.8 Å². The third-order valence-corrected chi connectivity index (χ3v) is 5.19. The normalized spacial score (nSPS) is 9.49. The summed E-state index contributed by atoms with van der Waals surface area (Å²) >= 11 is 0. The fourth-order valence-electron chi connectivity index (χ4n) is 3.31. The van der Waals surface area contributed by atoms with Crippen LogP contribution in [-0.2, 0) is 0 Å². The Labute approximate surface area is 238 Å². The van der Waals surface area contributed by atoms with Crippen LogP contribution in [-0.4, -0.2) is 47.8 Å². The lowest BCUT2D eigenvalue weighted by molar-refractivity contribution is 0.475. The van der Waals surface area contributed by atoms with Crippen LogP contribution >= 0.6 is 0 Å². The number of pyridine rings is 2. The van der Waals surface area contributed by atoms with Gasteiger partial charge in [-0.05, 0) is 62.4 Å². The van der Waals surface area contributed by atoms with Crippen LogP contribution in [0.5, 0.6) is 23.0 Å². The van der Waals surface area contributed by atoms with E-state index >= 15 is 0 Å². The highest BCUT2D eigenvalue weighted by Gasteiger charge is 2.00. The maximum Gasteiger partial charge on any atom is 0.141 e.